The number of imidazole rings is 1. The standard InChI is InChI=1S/C16H21N3/c1-12(14-8-9-14)10-19-11-13(2)17-16(19)18-15-6-4-3-5-7-15/h3-7,11-12,14H,8-10H2,1-2H3,(H,17,18). The van der Waals surface area contributed by atoms with E-state index in [1.165, 1.54) is 12.8 Å². The van der Waals surface area contributed by atoms with Gasteiger partial charge in [-0.05, 0) is 43.7 Å². The zero-order valence-electron chi connectivity index (χ0n) is 11.6. The van der Waals surface area contributed by atoms with Crippen LogP contribution in [0.2, 0.25) is 0 Å². The molecule has 0 radical (unpaired) electrons. The lowest BCUT2D eigenvalue weighted by atomic mass is 10.1. The maximum atomic E-state index is 4.59. The Morgan fingerprint density at radius 1 is 1.32 bits per heavy atom. The number of aryl methyl sites for hydroxylation is 1. The second kappa shape index (κ2) is 5.08. The molecule has 19 heavy (non-hydrogen) atoms. The average Bonchev–Trinajstić information content (AvgIpc) is 3.18. The van der Waals surface area contributed by atoms with Crippen molar-refractivity contribution in [3.8, 4) is 0 Å². The number of hydrogen-bond acceptors (Lipinski definition) is 2. The van der Waals surface area contributed by atoms with E-state index in [-0.39, 0.29) is 0 Å². The van der Waals surface area contributed by atoms with Crippen LogP contribution >= 0.6 is 0 Å². The first-order chi connectivity index (χ1) is 9.22. The Labute approximate surface area is 114 Å². The number of anilines is 2. The van der Waals surface area contributed by atoms with Crippen molar-refractivity contribution < 1.29 is 0 Å². The van der Waals surface area contributed by atoms with Gasteiger partial charge in [0.15, 0.2) is 0 Å². The van der Waals surface area contributed by atoms with Gasteiger partial charge < -0.3 is 9.88 Å². The molecule has 1 N–H and O–H groups in total. The molecule has 1 aromatic heterocycles. The predicted octanol–water partition coefficient (Wildman–Crippen LogP) is 3.98. The molecule has 1 saturated carbocycles. The third-order valence-corrected chi connectivity index (χ3v) is 3.84. The van der Waals surface area contributed by atoms with Crippen molar-refractivity contribution in [3.63, 3.8) is 0 Å². The zero-order chi connectivity index (χ0) is 13.2. The summed E-state index contributed by atoms with van der Waals surface area (Å²) in [6.07, 6.45) is 4.94. The summed E-state index contributed by atoms with van der Waals surface area (Å²) in [7, 11) is 0. The number of nitrogens with one attached hydrogen (secondary N) is 1. The van der Waals surface area contributed by atoms with Gasteiger partial charge in [-0.15, -0.1) is 0 Å². The number of rotatable bonds is 5. The SMILES string of the molecule is Cc1cn(CC(C)C2CC2)c(Nc2ccccc2)n1. The van der Waals surface area contributed by atoms with Crippen molar-refractivity contribution in [2.75, 3.05) is 5.32 Å². The molecule has 3 heteroatoms. The Balaban J connectivity index is 1.76. The molecule has 1 unspecified atom stereocenters. The molecule has 1 aliphatic rings. The van der Waals surface area contributed by atoms with Gasteiger partial charge in [0.1, 0.15) is 0 Å². The summed E-state index contributed by atoms with van der Waals surface area (Å²) in [5.74, 6) is 2.62. The van der Waals surface area contributed by atoms with Crippen molar-refractivity contribution in [1.82, 2.24) is 9.55 Å². The van der Waals surface area contributed by atoms with E-state index in [0.29, 0.717) is 0 Å². The molecule has 0 amide bonds. The Bertz CT molecular complexity index is 540. The average molecular weight is 255 g/mol. The largest absolute Gasteiger partial charge is 0.326 e. The normalized spacial score (nSPS) is 16.3. The van der Waals surface area contributed by atoms with Crippen molar-refractivity contribution in [2.45, 2.75) is 33.2 Å². The fraction of sp³-hybridized carbons (Fsp3) is 0.438. The summed E-state index contributed by atoms with van der Waals surface area (Å²) in [6, 6.07) is 10.2. The Morgan fingerprint density at radius 2 is 2.05 bits per heavy atom. The second-order valence-corrected chi connectivity index (χ2v) is 5.66. The van der Waals surface area contributed by atoms with Crippen LogP contribution in [0.3, 0.4) is 0 Å². The van der Waals surface area contributed by atoms with Crippen LogP contribution in [0.4, 0.5) is 11.6 Å². The minimum absolute atomic E-state index is 0.741. The minimum atomic E-state index is 0.741. The summed E-state index contributed by atoms with van der Waals surface area (Å²) in [5, 5.41) is 3.41. The number of aromatic nitrogens is 2. The highest BCUT2D eigenvalue weighted by Crippen LogP contribution is 2.37. The maximum absolute atomic E-state index is 4.59. The second-order valence-electron chi connectivity index (χ2n) is 5.66. The molecule has 0 aliphatic heterocycles. The third-order valence-electron chi connectivity index (χ3n) is 3.84. The van der Waals surface area contributed by atoms with Crippen molar-refractivity contribution >= 4 is 11.6 Å². The first-order valence-electron chi connectivity index (χ1n) is 7.08. The summed E-state index contributed by atoms with van der Waals surface area (Å²) in [5.41, 5.74) is 2.16. The van der Waals surface area contributed by atoms with Gasteiger partial charge in [0.25, 0.3) is 0 Å². The van der Waals surface area contributed by atoms with Gasteiger partial charge in [0.2, 0.25) is 5.95 Å². The number of nitrogens with zero attached hydrogens (tertiary/aromatic N) is 2. The van der Waals surface area contributed by atoms with E-state index in [9.17, 15) is 0 Å². The number of hydrogen-bond donors (Lipinski definition) is 1. The van der Waals surface area contributed by atoms with Crippen molar-refractivity contribution in [3.05, 3.63) is 42.2 Å². The molecular weight excluding hydrogens is 234 g/mol. The molecule has 0 saturated heterocycles. The van der Waals surface area contributed by atoms with E-state index in [1.807, 2.05) is 18.2 Å². The number of para-hydroxylation sites is 1. The molecule has 3 rings (SSSR count). The smallest absolute Gasteiger partial charge is 0.207 e. The van der Waals surface area contributed by atoms with Gasteiger partial charge in [-0.3, -0.25) is 0 Å². The van der Waals surface area contributed by atoms with Crippen LogP contribution in [0, 0.1) is 18.8 Å². The summed E-state index contributed by atoms with van der Waals surface area (Å²) < 4.78 is 2.26. The Kier molecular flexibility index (Phi) is 3.28. The highest BCUT2D eigenvalue weighted by atomic mass is 15.2. The lowest BCUT2D eigenvalue weighted by Crippen LogP contribution is -2.11. The molecule has 1 aliphatic carbocycles. The van der Waals surface area contributed by atoms with E-state index in [0.717, 1.165) is 35.7 Å². The van der Waals surface area contributed by atoms with Crippen LogP contribution in [-0.2, 0) is 6.54 Å². The van der Waals surface area contributed by atoms with Gasteiger partial charge in [0, 0.05) is 18.4 Å². The van der Waals surface area contributed by atoms with E-state index < -0.39 is 0 Å². The van der Waals surface area contributed by atoms with Gasteiger partial charge in [-0.2, -0.15) is 0 Å². The molecule has 1 aromatic carbocycles. The molecule has 1 atom stereocenters. The van der Waals surface area contributed by atoms with E-state index in [2.05, 4.69) is 47.0 Å². The predicted molar refractivity (Wildman–Crippen MR) is 78.6 cm³/mol. The lowest BCUT2D eigenvalue weighted by molar-refractivity contribution is 0.433. The lowest BCUT2D eigenvalue weighted by Gasteiger charge is -2.14. The highest BCUT2D eigenvalue weighted by Gasteiger charge is 2.28. The third kappa shape index (κ3) is 2.98. The van der Waals surface area contributed by atoms with Crippen LogP contribution in [-0.4, -0.2) is 9.55 Å². The first-order valence-corrected chi connectivity index (χ1v) is 7.08. The van der Waals surface area contributed by atoms with E-state index >= 15 is 0 Å². The quantitative estimate of drug-likeness (QED) is 0.875. The number of benzene rings is 1. The molecule has 3 nitrogen and oxygen atoms in total. The molecule has 1 fully saturated rings. The van der Waals surface area contributed by atoms with Gasteiger partial charge in [-0.25, -0.2) is 4.98 Å². The molecule has 2 aromatic rings. The summed E-state index contributed by atoms with van der Waals surface area (Å²) >= 11 is 0. The summed E-state index contributed by atoms with van der Waals surface area (Å²) in [4.78, 5) is 4.59. The van der Waals surface area contributed by atoms with Crippen molar-refractivity contribution in [2.24, 2.45) is 11.8 Å². The monoisotopic (exact) mass is 255 g/mol. The molecule has 1 heterocycles. The maximum Gasteiger partial charge on any atom is 0.207 e. The van der Waals surface area contributed by atoms with Gasteiger partial charge in [0.05, 0.1) is 5.69 Å². The molecule has 0 bridgehead atoms. The first kappa shape index (κ1) is 12.3. The molecule has 0 spiro atoms. The van der Waals surface area contributed by atoms with Gasteiger partial charge in [-0.1, -0.05) is 25.1 Å². The minimum Gasteiger partial charge on any atom is -0.326 e. The topological polar surface area (TPSA) is 29.9 Å². The van der Waals surface area contributed by atoms with E-state index in [1.54, 1.807) is 0 Å². The highest BCUT2D eigenvalue weighted by molar-refractivity contribution is 5.53. The van der Waals surface area contributed by atoms with Crippen LogP contribution < -0.4 is 5.32 Å². The van der Waals surface area contributed by atoms with Crippen LogP contribution in [0.5, 0.6) is 0 Å². The fourth-order valence-corrected chi connectivity index (χ4v) is 2.56. The molecule has 100 valence electrons. The van der Waals surface area contributed by atoms with Crippen LogP contribution in [0.1, 0.15) is 25.5 Å². The molecular formula is C16H21N3. The summed E-state index contributed by atoms with van der Waals surface area (Å²) in [6.45, 7) is 5.45. The zero-order valence-corrected chi connectivity index (χ0v) is 11.6. The van der Waals surface area contributed by atoms with Crippen molar-refractivity contribution in [1.29, 1.82) is 0 Å². The Morgan fingerprint density at radius 3 is 2.74 bits per heavy atom. The van der Waals surface area contributed by atoms with Crippen LogP contribution in [0.25, 0.3) is 0 Å². The Hall–Kier alpha value is -1.77. The van der Waals surface area contributed by atoms with E-state index in [4.69, 9.17) is 0 Å². The van der Waals surface area contributed by atoms with Crippen LogP contribution in [0.15, 0.2) is 36.5 Å². The van der Waals surface area contributed by atoms with Gasteiger partial charge >= 0.3 is 0 Å². The fourth-order valence-electron chi connectivity index (χ4n) is 2.56.